The second-order valence-corrected chi connectivity index (χ2v) is 5.42. The van der Waals surface area contributed by atoms with Gasteiger partial charge in [0.1, 0.15) is 12.4 Å². The highest BCUT2D eigenvalue weighted by molar-refractivity contribution is 5.91. The Morgan fingerprint density at radius 2 is 2.13 bits per heavy atom. The molecule has 0 aromatic heterocycles. The lowest BCUT2D eigenvalue weighted by atomic mass is 10.1. The van der Waals surface area contributed by atoms with Gasteiger partial charge in [-0.25, -0.2) is 0 Å². The number of nitrogen functional groups attached to an aromatic ring is 1. The molecule has 3 N–H and O–H groups in total. The van der Waals surface area contributed by atoms with Crippen molar-refractivity contribution in [3.8, 4) is 5.75 Å². The molecule has 0 spiro atoms. The Hall–Kier alpha value is -2.05. The summed E-state index contributed by atoms with van der Waals surface area (Å²) >= 11 is 0. The number of anilines is 1. The first kappa shape index (κ1) is 19.0. The number of carbonyl (C=O) groups is 1. The van der Waals surface area contributed by atoms with Crippen molar-refractivity contribution in [2.75, 3.05) is 53.2 Å². The molecule has 128 valence electrons. The zero-order valence-corrected chi connectivity index (χ0v) is 14.2. The molecular weight excluding hydrogens is 294 g/mol. The standard InChI is InChI=1S/C17H27N3O3/c1-20(2)10-12-23-16-7-5-14(13-15(16)18)6-8-17(21)19-9-4-11-22-3/h5-8,13H,4,9-12,18H2,1-3H3,(H,19,21)/b8-6-. The molecule has 0 unspecified atom stereocenters. The first-order chi connectivity index (χ1) is 11.0. The predicted octanol–water partition coefficient (Wildman–Crippen LogP) is 1.38. The van der Waals surface area contributed by atoms with Crippen molar-refractivity contribution in [2.45, 2.75) is 6.42 Å². The van der Waals surface area contributed by atoms with E-state index in [1.54, 1.807) is 19.3 Å². The van der Waals surface area contributed by atoms with Gasteiger partial charge in [-0.2, -0.15) is 0 Å². The molecule has 0 saturated carbocycles. The molecule has 1 amide bonds. The molecule has 0 atom stereocenters. The Balaban J connectivity index is 2.46. The first-order valence-electron chi connectivity index (χ1n) is 7.65. The van der Waals surface area contributed by atoms with E-state index in [4.69, 9.17) is 15.2 Å². The molecular formula is C17H27N3O3. The average Bonchev–Trinajstić information content (AvgIpc) is 2.51. The smallest absolute Gasteiger partial charge is 0.244 e. The van der Waals surface area contributed by atoms with Crippen molar-refractivity contribution in [3.05, 3.63) is 29.8 Å². The summed E-state index contributed by atoms with van der Waals surface area (Å²) in [6, 6.07) is 5.48. The summed E-state index contributed by atoms with van der Waals surface area (Å²) in [4.78, 5) is 13.7. The summed E-state index contributed by atoms with van der Waals surface area (Å²) < 4.78 is 10.5. The summed E-state index contributed by atoms with van der Waals surface area (Å²) in [5.74, 6) is 0.527. The van der Waals surface area contributed by atoms with Crippen LogP contribution in [0.2, 0.25) is 0 Å². The Bertz CT molecular complexity index is 516. The molecule has 0 radical (unpaired) electrons. The number of nitrogens with two attached hydrogens (primary N) is 1. The molecule has 0 aliphatic carbocycles. The van der Waals surface area contributed by atoms with Crippen molar-refractivity contribution in [3.63, 3.8) is 0 Å². The highest BCUT2D eigenvalue weighted by Gasteiger charge is 2.02. The zero-order valence-electron chi connectivity index (χ0n) is 14.2. The van der Waals surface area contributed by atoms with E-state index in [9.17, 15) is 4.79 Å². The van der Waals surface area contributed by atoms with E-state index in [1.807, 2.05) is 31.1 Å². The number of hydrogen-bond acceptors (Lipinski definition) is 5. The van der Waals surface area contributed by atoms with E-state index >= 15 is 0 Å². The molecule has 0 aliphatic heterocycles. The molecule has 0 heterocycles. The van der Waals surface area contributed by atoms with Gasteiger partial charge in [-0.3, -0.25) is 4.79 Å². The number of likely N-dealkylation sites (N-methyl/N-ethyl adjacent to an activating group) is 1. The van der Waals surface area contributed by atoms with Gasteiger partial charge in [-0.1, -0.05) is 6.07 Å². The summed E-state index contributed by atoms with van der Waals surface area (Å²) in [6.45, 7) is 2.63. The second-order valence-electron chi connectivity index (χ2n) is 5.42. The molecule has 0 fully saturated rings. The number of rotatable bonds is 10. The van der Waals surface area contributed by atoms with Crippen LogP contribution >= 0.6 is 0 Å². The lowest BCUT2D eigenvalue weighted by Crippen LogP contribution is -2.22. The van der Waals surface area contributed by atoms with Crippen molar-refractivity contribution in [2.24, 2.45) is 0 Å². The Labute approximate surface area is 138 Å². The Morgan fingerprint density at radius 1 is 1.35 bits per heavy atom. The largest absolute Gasteiger partial charge is 0.490 e. The topological polar surface area (TPSA) is 76.8 Å². The van der Waals surface area contributed by atoms with E-state index in [-0.39, 0.29) is 5.91 Å². The number of methoxy groups -OCH3 is 1. The van der Waals surface area contributed by atoms with E-state index < -0.39 is 0 Å². The molecule has 6 nitrogen and oxygen atoms in total. The van der Waals surface area contributed by atoms with Crippen LogP contribution in [0.15, 0.2) is 24.3 Å². The third kappa shape index (κ3) is 8.23. The van der Waals surface area contributed by atoms with E-state index in [0.717, 1.165) is 18.5 Å². The first-order valence-corrected chi connectivity index (χ1v) is 7.65. The number of nitrogens with one attached hydrogen (secondary N) is 1. The van der Waals surface area contributed by atoms with E-state index in [0.29, 0.717) is 31.2 Å². The molecule has 0 bridgehead atoms. The van der Waals surface area contributed by atoms with Crippen LogP contribution in [0.25, 0.3) is 6.08 Å². The number of hydrogen-bond donors (Lipinski definition) is 2. The molecule has 1 aromatic carbocycles. The summed E-state index contributed by atoms with van der Waals surface area (Å²) in [7, 11) is 5.61. The minimum Gasteiger partial charge on any atom is -0.490 e. The van der Waals surface area contributed by atoms with Crippen LogP contribution in [0.5, 0.6) is 5.75 Å². The van der Waals surface area contributed by atoms with Crippen LogP contribution in [-0.4, -0.2) is 58.3 Å². The fourth-order valence-electron chi connectivity index (χ4n) is 1.80. The Morgan fingerprint density at radius 3 is 2.78 bits per heavy atom. The number of carbonyl (C=O) groups excluding carboxylic acids is 1. The van der Waals surface area contributed by atoms with Crippen LogP contribution < -0.4 is 15.8 Å². The van der Waals surface area contributed by atoms with Crippen molar-refractivity contribution < 1.29 is 14.3 Å². The van der Waals surface area contributed by atoms with Gasteiger partial charge >= 0.3 is 0 Å². The third-order valence-corrected chi connectivity index (χ3v) is 3.08. The van der Waals surface area contributed by atoms with E-state index in [1.165, 1.54) is 6.08 Å². The van der Waals surface area contributed by atoms with Crippen LogP contribution in [0.4, 0.5) is 5.69 Å². The van der Waals surface area contributed by atoms with Crippen LogP contribution in [0.1, 0.15) is 12.0 Å². The highest BCUT2D eigenvalue weighted by Crippen LogP contribution is 2.23. The minimum atomic E-state index is -0.133. The van der Waals surface area contributed by atoms with Crippen molar-refractivity contribution in [1.29, 1.82) is 0 Å². The molecule has 1 rings (SSSR count). The summed E-state index contributed by atoms with van der Waals surface area (Å²) in [5.41, 5.74) is 7.39. The molecule has 6 heteroatoms. The average molecular weight is 321 g/mol. The fraction of sp³-hybridized carbons (Fsp3) is 0.471. The molecule has 0 aliphatic rings. The van der Waals surface area contributed by atoms with Gasteiger partial charge in [-0.05, 0) is 44.3 Å². The normalized spacial score (nSPS) is 11.1. The summed E-state index contributed by atoms with van der Waals surface area (Å²) in [5, 5.41) is 2.79. The van der Waals surface area contributed by atoms with Gasteiger partial charge in [0.2, 0.25) is 5.91 Å². The van der Waals surface area contributed by atoms with Gasteiger partial charge in [-0.15, -0.1) is 0 Å². The number of amides is 1. The lowest BCUT2D eigenvalue weighted by Gasteiger charge is -2.12. The third-order valence-electron chi connectivity index (χ3n) is 3.08. The molecule has 1 aromatic rings. The van der Waals surface area contributed by atoms with Crippen molar-refractivity contribution in [1.82, 2.24) is 10.2 Å². The highest BCUT2D eigenvalue weighted by atomic mass is 16.5. The van der Waals surface area contributed by atoms with Gasteiger partial charge in [0.25, 0.3) is 0 Å². The maximum absolute atomic E-state index is 11.6. The maximum Gasteiger partial charge on any atom is 0.244 e. The maximum atomic E-state index is 11.6. The monoisotopic (exact) mass is 321 g/mol. The predicted molar refractivity (Wildman–Crippen MR) is 93.4 cm³/mol. The van der Waals surface area contributed by atoms with Gasteiger partial charge in [0.15, 0.2) is 0 Å². The Kier molecular flexibility index (Phi) is 8.79. The zero-order chi connectivity index (χ0) is 17.1. The van der Waals surface area contributed by atoms with Gasteiger partial charge in [0.05, 0.1) is 5.69 Å². The molecule has 23 heavy (non-hydrogen) atoms. The number of nitrogens with zero attached hydrogens (tertiary/aromatic N) is 1. The quantitative estimate of drug-likeness (QED) is 0.387. The second kappa shape index (κ2) is 10.6. The van der Waals surface area contributed by atoms with Crippen LogP contribution in [0.3, 0.4) is 0 Å². The summed E-state index contributed by atoms with van der Waals surface area (Å²) in [6.07, 6.45) is 4.02. The number of ether oxygens (including phenoxy) is 2. The van der Waals surface area contributed by atoms with Crippen LogP contribution in [-0.2, 0) is 9.53 Å². The minimum absolute atomic E-state index is 0.133. The molecule has 0 saturated heterocycles. The SMILES string of the molecule is COCCCNC(=O)/C=C\c1ccc(OCCN(C)C)c(N)c1. The van der Waals surface area contributed by atoms with Gasteiger partial charge in [0, 0.05) is 32.9 Å². The van der Waals surface area contributed by atoms with Crippen LogP contribution in [0, 0.1) is 0 Å². The van der Waals surface area contributed by atoms with Crippen molar-refractivity contribution >= 4 is 17.7 Å². The lowest BCUT2D eigenvalue weighted by molar-refractivity contribution is -0.116. The fourth-order valence-corrected chi connectivity index (χ4v) is 1.80. The van der Waals surface area contributed by atoms with E-state index in [2.05, 4.69) is 5.32 Å². The van der Waals surface area contributed by atoms with Gasteiger partial charge < -0.3 is 25.4 Å². The number of benzene rings is 1.